The van der Waals surface area contributed by atoms with Crippen molar-refractivity contribution in [3.8, 4) is 17.6 Å². The van der Waals surface area contributed by atoms with Gasteiger partial charge in [0.25, 0.3) is 11.8 Å². The van der Waals surface area contributed by atoms with Crippen LogP contribution >= 0.6 is 11.3 Å². The number of nitrogens with two attached hydrogens (primary N) is 3. The SMILES string of the molecule is Cc1cc(Oc2ccccc2)ccc1C1(N)C(=O)C(N)c2c(C(=O)NC3CCN(C(=O)/C(C#N)=C/C4CC4)CC3)sc3c(N)ccc1c23. The van der Waals surface area contributed by atoms with Crippen LogP contribution in [0.15, 0.2) is 72.3 Å². The zero-order valence-electron chi connectivity index (χ0n) is 26.5. The molecule has 4 aromatic rings. The first-order valence-electron chi connectivity index (χ1n) is 16.1. The molecule has 0 spiro atoms. The lowest BCUT2D eigenvalue weighted by molar-refractivity contribution is -0.127. The van der Waals surface area contributed by atoms with Crippen molar-refractivity contribution in [2.75, 3.05) is 18.8 Å². The van der Waals surface area contributed by atoms with E-state index in [4.69, 9.17) is 21.9 Å². The van der Waals surface area contributed by atoms with E-state index in [1.54, 1.807) is 35.2 Å². The number of hydrogen-bond donors (Lipinski definition) is 4. The lowest BCUT2D eigenvalue weighted by Crippen LogP contribution is -2.53. The summed E-state index contributed by atoms with van der Waals surface area (Å²) in [6.07, 6.45) is 4.87. The summed E-state index contributed by atoms with van der Waals surface area (Å²) in [5.74, 6) is 0.585. The maximum Gasteiger partial charge on any atom is 0.264 e. The van der Waals surface area contributed by atoms with Gasteiger partial charge in [0.05, 0.1) is 15.6 Å². The molecule has 48 heavy (non-hydrogen) atoms. The molecule has 0 bridgehead atoms. The molecule has 3 aromatic carbocycles. The number of nitrogen functional groups attached to an aromatic ring is 1. The first-order chi connectivity index (χ1) is 23.1. The lowest BCUT2D eigenvalue weighted by Gasteiger charge is -2.37. The van der Waals surface area contributed by atoms with Crippen molar-refractivity contribution in [1.29, 1.82) is 5.26 Å². The molecule has 0 radical (unpaired) electrons. The highest BCUT2D eigenvalue weighted by molar-refractivity contribution is 7.21. The highest BCUT2D eigenvalue weighted by Gasteiger charge is 2.49. The molecular weight excluding hydrogens is 625 g/mol. The number of para-hydroxylation sites is 1. The van der Waals surface area contributed by atoms with Crippen LogP contribution in [0.3, 0.4) is 0 Å². The van der Waals surface area contributed by atoms with Gasteiger partial charge in [-0.15, -0.1) is 11.3 Å². The number of thiophene rings is 1. The number of amides is 2. The molecular formula is C37H36N6O4S. The van der Waals surface area contributed by atoms with Crippen molar-refractivity contribution in [3.05, 3.63) is 99.4 Å². The van der Waals surface area contributed by atoms with E-state index >= 15 is 0 Å². The van der Waals surface area contributed by atoms with E-state index < -0.39 is 17.4 Å². The number of hydrogen-bond acceptors (Lipinski definition) is 9. The Morgan fingerprint density at radius 2 is 1.75 bits per heavy atom. The summed E-state index contributed by atoms with van der Waals surface area (Å²) >= 11 is 1.21. The second-order valence-corrected chi connectivity index (χ2v) is 13.9. The molecule has 1 aromatic heterocycles. The molecule has 2 amide bonds. The molecule has 10 nitrogen and oxygen atoms in total. The van der Waals surface area contributed by atoms with Crippen LogP contribution in [-0.4, -0.2) is 41.6 Å². The fourth-order valence-corrected chi connectivity index (χ4v) is 8.10. The van der Waals surface area contributed by atoms with Gasteiger partial charge in [0.15, 0.2) is 5.78 Å². The number of carbonyl (C=O) groups is 3. The van der Waals surface area contributed by atoms with Crippen molar-refractivity contribution in [1.82, 2.24) is 10.2 Å². The van der Waals surface area contributed by atoms with Crippen LogP contribution in [-0.2, 0) is 15.1 Å². The highest BCUT2D eigenvalue weighted by Crippen LogP contribution is 2.50. The summed E-state index contributed by atoms with van der Waals surface area (Å²) in [6, 6.07) is 19.0. The number of benzene rings is 3. The maximum absolute atomic E-state index is 14.3. The third-order valence-corrected chi connectivity index (χ3v) is 10.9. The Bertz CT molecular complexity index is 2040. The van der Waals surface area contributed by atoms with Gasteiger partial charge >= 0.3 is 0 Å². The fourth-order valence-electron chi connectivity index (χ4n) is 6.90. The number of nitriles is 1. The minimum Gasteiger partial charge on any atom is -0.457 e. The largest absolute Gasteiger partial charge is 0.457 e. The minimum absolute atomic E-state index is 0.194. The molecule has 11 heteroatoms. The molecule has 2 heterocycles. The topological polar surface area (TPSA) is 178 Å². The van der Waals surface area contributed by atoms with E-state index in [2.05, 4.69) is 11.4 Å². The Kier molecular flexibility index (Phi) is 8.03. The standard InChI is InChI=1S/C37H36N6O4S/c1-20-17-25(47-24-5-3-2-4-6-24)9-10-26(20)37(41)27-11-12-28(39)32-29(27)30(31(40)34(37)44)33(48-32)35(45)42-23-13-15-43(16-14-23)36(46)22(19-38)18-21-7-8-21/h2-6,9-12,17-18,21,23,31H,7-8,13-16,39-41H2,1H3,(H,42,45)/b22-18+. The number of rotatable bonds is 7. The van der Waals surface area contributed by atoms with Crippen LogP contribution in [0, 0.1) is 24.2 Å². The maximum atomic E-state index is 14.3. The molecule has 2 aliphatic carbocycles. The number of allylic oxidation sites excluding steroid dienone is 1. The summed E-state index contributed by atoms with van der Waals surface area (Å²) in [4.78, 5) is 43.0. The zero-order chi connectivity index (χ0) is 33.7. The number of Topliss-reactive ketones (excluding diaryl/α,β-unsaturated/α-hetero) is 1. The molecule has 3 aliphatic rings. The van der Waals surface area contributed by atoms with Crippen LogP contribution in [0.2, 0.25) is 0 Å². The van der Waals surface area contributed by atoms with Gasteiger partial charge in [0, 0.05) is 35.8 Å². The van der Waals surface area contributed by atoms with Gasteiger partial charge in [0.2, 0.25) is 0 Å². The predicted octanol–water partition coefficient (Wildman–Crippen LogP) is 4.95. The summed E-state index contributed by atoms with van der Waals surface area (Å²) in [7, 11) is 0. The highest BCUT2D eigenvalue weighted by atomic mass is 32.1. The van der Waals surface area contributed by atoms with Crippen LogP contribution in [0.4, 0.5) is 5.69 Å². The molecule has 2 atom stereocenters. The van der Waals surface area contributed by atoms with E-state index in [1.165, 1.54) is 11.3 Å². The summed E-state index contributed by atoms with van der Waals surface area (Å²) in [5.41, 5.74) is 21.6. The average Bonchev–Trinajstić information content (AvgIpc) is 3.82. The summed E-state index contributed by atoms with van der Waals surface area (Å²) < 4.78 is 6.66. The van der Waals surface area contributed by atoms with Gasteiger partial charge in [-0.3, -0.25) is 14.4 Å². The summed E-state index contributed by atoms with van der Waals surface area (Å²) in [5, 5.41) is 13.2. The normalized spacial score (nSPS) is 21.2. The van der Waals surface area contributed by atoms with E-state index in [1.807, 2.05) is 43.3 Å². The van der Waals surface area contributed by atoms with Crippen LogP contribution in [0.5, 0.6) is 11.5 Å². The van der Waals surface area contributed by atoms with Gasteiger partial charge in [-0.05, 0) is 85.5 Å². The molecule has 7 rings (SSSR count). The van der Waals surface area contributed by atoms with Crippen molar-refractivity contribution >= 4 is 44.7 Å². The second kappa shape index (κ2) is 12.2. The third-order valence-electron chi connectivity index (χ3n) is 9.61. The van der Waals surface area contributed by atoms with Crippen LogP contribution in [0.25, 0.3) is 10.1 Å². The second-order valence-electron chi connectivity index (χ2n) is 12.9. The number of carbonyl (C=O) groups excluding carboxylic acids is 3. The van der Waals surface area contributed by atoms with Crippen molar-refractivity contribution in [3.63, 3.8) is 0 Å². The molecule has 244 valence electrons. The number of ketones is 1. The Balaban J connectivity index is 1.16. The predicted molar refractivity (Wildman–Crippen MR) is 184 cm³/mol. The molecule has 1 aliphatic heterocycles. The number of likely N-dealkylation sites (tertiary alicyclic amines) is 1. The Labute approximate surface area is 282 Å². The molecule has 1 saturated heterocycles. The monoisotopic (exact) mass is 660 g/mol. The number of aryl methyl sites for hydroxylation is 1. The van der Waals surface area contributed by atoms with E-state index in [9.17, 15) is 19.6 Å². The Morgan fingerprint density at radius 1 is 1.04 bits per heavy atom. The fraction of sp³-hybridized carbons (Fsp3) is 0.297. The Hall–Kier alpha value is -5.02. The first-order valence-corrected chi connectivity index (χ1v) is 16.9. The lowest BCUT2D eigenvalue weighted by atomic mass is 9.69. The number of piperidine rings is 1. The van der Waals surface area contributed by atoms with Gasteiger partial charge in [-0.25, -0.2) is 0 Å². The smallest absolute Gasteiger partial charge is 0.264 e. The van der Waals surface area contributed by atoms with Gasteiger partial charge < -0.3 is 32.2 Å². The van der Waals surface area contributed by atoms with Crippen LogP contribution < -0.4 is 27.3 Å². The number of nitrogens with one attached hydrogen (secondary N) is 1. The molecule has 2 unspecified atom stereocenters. The molecule has 1 saturated carbocycles. The van der Waals surface area contributed by atoms with Crippen LogP contribution in [0.1, 0.15) is 63.7 Å². The molecule has 7 N–H and O–H groups in total. The average molecular weight is 661 g/mol. The van der Waals surface area contributed by atoms with E-state index in [0.29, 0.717) is 80.7 Å². The zero-order valence-corrected chi connectivity index (χ0v) is 27.3. The number of anilines is 1. The minimum atomic E-state index is -1.59. The van der Waals surface area contributed by atoms with Crippen molar-refractivity contribution in [2.45, 2.75) is 50.2 Å². The number of nitrogens with zero attached hydrogens (tertiary/aromatic N) is 2. The van der Waals surface area contributed by atoms with Crippen molar-refractivity contribution in [2.24, 2.45) is 17.4 Å². The number of ether oxygens (including phenoxy) is 1. The van der Waals surface area contributed by atoms with Gasteiger partial charge in [-0.1, -0.05) is 36.4 Å². The quantitative estimate of drug-likeness (QED) is 0.122. The van der Waals surface area contributed by atoms with Crippen molar-refractivity contribution < 1.29 is 19.1 Å². The van der Waals surface area contributed by atoms with Gasteiger partial charge in [0.1, 0.15) is 28.7 Å². The Morgan fingerprint density at radius 3 is 2.42 bits per heavy atom. The first kappa shape index (κ1) is 31.6. The summed E-state index contributed by atoms with van der Waals surface area (Å²) in [6.45, 7) is 2.72. The third kappa shape index (κ3) is 5.42. The van der Waals surface area contributed by atoms with E-state index in [0.717, 1.165) is 18.4 Å². The van der Waals surface area contributed by atoms with Gasteiger partial charge in [-0.2, -0.15) is 5.26 Å². The molecule has 2 fully saturated rings. The van der Waals surface area contributed by atoms with E-state index in [-0.39, 0.29) is 23.4 Å².